The molecule has 3 aromatic heterocycles. The first-order chi connectivity index (χ1) is 9.31. The molecule has 4 nitrogen and oxygen atoms in total. The van der Waals surface area contributed by atoms with Crippen LogP contribution in [0.15, 0.2) is 30.6 Å². The summed E-state index contributed by atoms with van der Waals surface area (Å²) in [5.74, 6) is 0.620. The molecular weight excluding hydrogens is 260 g/mol. The zero-order chi connectivity index (χ0) is 12.8. The van der Waals surface area contributed by atoms with Gasteiger partial charge < -0.3 is 4.40 Å². The van der Waals surface area contributed by atoms with Crippen LogP contribution in [0.3, 0.4) is 0 Å². The van der Waals surface area contributed by atoms with E-state index in [9.17, 15) is 0 Å². The van der Waals surface area contributed by atoms with Crippen molar-refractivity contribution in [2.24, 2.45) is 0 Å². The second kappa shape index (κ2) is 4.03. The average molecular weight is 271 g/mol. The van der Waals surface area contributed by atoms with E-state index in [2.05, 4.69) is 15.0 Å². The summed E-state index contributed by atoms with van der Waals surface area (Å²) in [6.07, 6.45) is 6.97. The number of fused-ring (bicyclic) bond motifs is 2. The summed E-state index contributed by atoms with van der Waals surface area (Å²) in [7, 11) is 0. The van der Waals surface area contributed by atoms with Crippen LogP contribution >= 0.6 is 11.6 Å². The third-order valence-electron chi connectivity index (χ3n) is 3.48. The minimum absolute atomic E-state index is 0.578. The van der Waals surface area contributed by atoms with Crippen LogP contribution in [0.2, 0.25) is 5.15 Å². The number of pyridine rings is 1. The van der Waals surface area contributed by atoms with E-state index >= 15 is 0 Å². The number of hydrogen-bond donors (Lipinski definition) is 0. The van der Waals surface area contributed by atoms with Gasteiger partial charge in [-0.3, -0.25) is 0 Å². The van der Waals surface area contributed by atoms with Crippen LogP contribution in [0.5, 0.6) is 0 Å². The zero-order valence-electron chi connectivity index (χ0n) is 10.2. The Bertz CT molecular complexity index is 745. The SMILES string of the molecule is Clc1nc(-c2cn3ccccc3n2)nc2c1CCC2. The topological polar surface area (TPSA) is 43.1 Å². The van der Waals surface area contributed by atoms with Gasteiger partial charge in [-0.15, -0.1) is 0 Å². The molecule has 0 saturated carbocycles. The number of aromatic nitrogens is 4. The molecule has 3 heterocycles. The van der Waals surface area contributed by atoms with Crippen LogP contribution in [0.4, 0.5) is 0 Å². The maximum absolute atomic E-state index is 6.24. The molecular formula is C14H11ClN4. The molecule has 5 heteroatoms. The van der Waals surface area contributed by atoms with Crippen LogP contribution in [0, 0.1) is 0 Å². The fourth-order valence-electron chi connectivity index (χ4n) is 2.54. The quantitative estimate of drug-likeness (QED) is 0.639. The number of rotatable bonds is 1. The lowest BCUT2D eigenvalue weighted by Crippen LogP contribution is -1.97. The average Bonchev–Trinajstić information content (AvgIpc) is 3.04. The Morgan fingerprint density at radius 2 is 2.05 bits per heavy atom. The fraction of sp³-hybridized carbons (Fsp3) is 0.214. The second-order valence-electron chi connectivity index (χ2n) is 4.71. The Morgan fingerprint density at radius 3 is 2.95 bits per heavy atom. The lowest BCUT2D eigenvalue weighted by molar-refractivity contribution is 0.899. The Balaban J connectivity index is 1.90. The van der Waals surface area contributed by atoms with Gasteiger partial charge in [0.15, 0.2) is 5.82 Å². The molecule has 0 atom stereocenters. The fourth-order valence-corrected chi connectivity index (χ4v) is 2.83. The normalized spacial score (nSPS) is 13.9. The molecule has 1 aliphatic carbocycles. The van der Waals surface area contributed by atoms with Gasteiger partial charge in [-0.2, -0.15) is 0 Å². The highest BCUT2D eigenvalue weighted by molar-refractivity contribution is 6.30. The molecule has 0 spiro atoms. The molecule has 0 unspecified atom stereocenters. The standard InChI is InChI=1S/C14H11ClN4/c15-13-9-4-3-5-10(9)17-14(18-13)11-8-19-7-2-1-6-12(19)16-11/h1-2,6-8H,3-5H2. The van der Waals surface area contributed by atoms with Crippen molar-refractivity contribution >= 4 is 17.2 Å². The Labute approximate surface area is 115 Å². The Kier molecular flexibility index (Phi) is 2.32. The number of halogens is 1. The molecule has 0 aromatic carbocycles. The molecule has 94 valence electrons. The van der Waals surface area contributed by atoms with E-state index < -0.39 is 0 Å². The maximum Gasteiger partial charge on any atom is 0.181 e. The molecule has 0 bridgehead atoms. The van der Waals surface area contributed by atoms with Crippen molar-refractivity contribution in [1.82, 2.24) is 19.4 Å². The third-order valence-corrected chi connectivity index (χ3v) is 3.79. The van der Waals surface area contributed by atoms with E-state index in [0.717, 1.165) is 41.9 Å². The summed E-state index contributed by atoms with van der Waals surface area (Å²) >= 11 is 6.24. The van der Waals surface area contributed by atoms with E-state index in [1.165, 1.54) is 0 Å². The summed E-state index contributed by atoms with van der Waals surface area (Å²) in [6, 6.07) is 5.89. The molecule has 0 saturated heterocycles. The number of imidazole rings is 1. The molecule has 0 aliphatic heterocycles. The van der Waals surface area contributed by atoms with Gasteiger partial charge in [-0.1, -0.05) is 17.7 Å². The summed E-state index contributed by atoms with van der Waals surface area (Å²) in [4.78, 5) is 13.5. The monoisotopic (exact) mass is 270 g/mol. The summed E-state index contributed by atoms with van der Waals surface area (Å²) in [5, 5.41) is 0.578. The first-order valence-corrected chi connectivity index (χ1v) is 6.68. The molecule has 0 amide bonds. The number of aryl methyl sites for hydroxylation is 1. The van der Waals surface area contributed by atoms with Crippen LogP contribution < -0.4 is 0 Å². The lowest BCUT2D eigenvalue weighted by atomic mass is 10.2. The molecule has 19 heavy (non-hydrogen) atoms. The Morgan fingerprint density at radius 1 is 1.11 bits per heavy atom. The van der Waals surface area contributed by atoms with E-state index in [-0.39, 0.29) is 0 Å². The summed E-state index contributed by atoms with van der Waals surface area (Å²) < 4.78 is 1.96. The van der Waals surface area contributed by atoms with E-state index in [4.69, 9.17) is 11.6 Å². The first-order valence-electron chi connectivity index (χ1n) is 6.31. The highest BCUT2D eigenvalue weighted by Crippen LogP contribution is 2.28. The van der Waals surface area contributed by atoms with Crippen LogP contribution in [0.25, 0.3) is 17.2 Å². The van der Waals surface area contributed by atoms with Gasteiger partial charge >= 0.3 is 0 Å². The van der Waals surface area contributed by atoms with Gasteiger partial charge in [0.05, 0.1) is 0 Å². The predicted octanol–water partition coefficient (Wildman–Crippen LogP) is 2.93. The van der Waals surface area contributed by atoms with E-state index in [0.29, 0.717) is 11.0 Å². The molecule has 1 aliphatic rings. The van der Waals surface area contributed by atoms with Crippen molar-refractivity contribution in [2.45, 2.75) is 19.3 Å². The highest BCUT2D eigenvalue weighted by Gasteiger charge is 2.19. The largest absolute Gasteiger partial charge is 0.306 e. The highest BCUT2D eigenvalue weighted by atomic mass is 35.5. The van der Waals surface area contributed by atoms with Crippen molar-refractivity contribution in [2.75, 3.05) is 0 Å². The minimum Gasteiger partial charge on any atom is -0.306 e. The smallest absolute Gasteiger partial charge is 0.181 e. The lowest BCUT2D eigenvalue weighted by Gasteiger charge is -2.02. The van der Waals surface area contributed by atoms with Gasteiger partial charge in [0.2, 0.25) is 0 Å². The first kappa shape index (κ1) is 10.9. The summed E-state index contributed by atoms with van der Waals surface area (Å²) in [5.41, 5.74) is 3.83. The second-order valence-corrected chi connectivity index (χ2v) is 5.07. The van der Waals surface area contributed by atoms with Crippen LogP contribution in [0.1, 0.15) is 17.7 Å². The number of hydrogen-bond acceptors (Lipinski definition) is 3. The van der Waals surface area contributed by atoms with Gasteiger partial charge in [-0.05, 0) is 31.4 Å². The predicted molar refractivity (Wildman–Crippen MR) is 73.3 cm³/mol. The Hall–Kier alpha value is -1.94. The van der Waals surface area contributed by atoms with Crippen LogP contribution in [-0.2, 0) is 12.8 Å². The van der Waals surface area contributed by atoms with Crippen molar-refractivity contribution in [1.29, 1.82) is 0 Å². The van der Waals surface area contributed by atoms with Crippen LogP contribution in [-0.4, -0.2) is 19.4 Å². The van der Waals surface area contributed by atoms with Gasteiger partial charge in [0.25, 0.3) is 0 Å². The van der Waals surface area contributed by atoms with Gasteiger partial charge in [0, 0.05) is 23.7 Å². The van der Waals surface area contributed by atoms with Crippen molar-refractivity contribution in [3.05, 3.63) is 47.0 Å². The maximum atomic E-state index is 6.24. The molecule has 3 aromatic rings. The molecule has 0 N–H and O–H groups in total. The van der Waals surface area contributed by atoms with Gasteiger partial charge in [0.1, 0.15) is 16.5 Å². The van der Waals surface area contributed by atoms with Crippen molar-refractivity contribution in [3.63, 3.8) is 0 Å². The molecule has 0 fully saturated rings. The zero-order valence-corrected chi connectivity index (χ0v) is 10.9. The van der Waals surface area contributed by atoms with E-state index in [1.807, 2.05) is 35.0 Å². The van der Waals surface area contributed by atoms with E-state index in [1.54, 1.807) is 0 Å². The van der Waals surface area contributed by atoms with Gasteiger partial charge in [-0.25, -0.2) is 15.0 Å². The minimum atomic E-state index is 0.578. The van der Waals surface area contributed by atoms with Crippen molar-refractivity contribution < 1.29 is 0 Å². The number of nitrogens with zero attached hydrogens (tertiary/aromatic N) is 4. The summed E-state index contributed by atoms with van der Waals surface area (Å²) in [6.45, 7) is 0. The molecule has 4 rings (SSSR count). The van der Waals surface area contributed by atoms with Crippen molar-refractivity contribution in [3.8, 4) is 11.5 Å². The third kappa shape index (κ3) is 1.71. The molecule has 0 radical (unpaired) electrons.